The molecule has 0 spiro atoms. The number of aromatic nitrogens is 1. The van der Waals surface area contributed by atoms with Gasteiger partial charge in [-0.2, -0.15) is 18.4 Å². The highest BCUT2D eigenvalue weighted by Crippen LogP contribution is 2.40. The van der Waals surface area contributed by atoms with E-state index in [1.165, 1.54) is 11.8 Å². The third kappa shape index (κ3) is 2.83. The molecule has 0 atom stereocenters. The third-order valence-electron chi connectivity index (χ3n) is 3.35. The van der Waals surface area contributed by atoms with Gasteiger partial charge in [0.2, 0.25) is 5.91 Å². The van der Waals surface area contributed by atoms with E-state index in [-0.39, 0.29) is 29.5 Å². The molecule has 21 heavy (non-hydrogen) atoms. The lowest BCUT2D eigenvalue weighted by atomic mass is 9.96. The molecule has 0 aromatic carbocycles. The van der Waals surface area contributed by atoms with Crippen LogP contribution in [0.4, 0.5) is 13.2 Å². The van der Waals surface area contributed by atoms with Gasteiger partial charge in [-0.05, 0) is 6.26 Å². The molecule has 1 aliphatic rings. The number of carbonyl (C=O) groups excluding carboxylic acids is 1. The topological polar surface area (TPSA) is 57.0 Å². The van der Waals surface area contributed by atoms with Gasteiger partial charge >= 0.3 is 6.18 Å². The average molecular weight is 315 g/mol. The molecule has 1 aromatic heterocycles. The largest absolute Gasteiger partial charge is 0.418 e. The van der Waals surface area contributed by atoms with Crippen LogP contribution in [0.1, 0.15) is 29.3 Å². The van der Waals surface area contributed by atoms with Gasteiger partial charge in [0.05, 0.1) is 11.1 Å². The number of halogens is 3. The van der Waals surface area contributed by atoms with E-state index in [9.17, 15) is 18.0 Å². The van der Waals surface area contributed by atoms with Crippen molar-refractivity contribution in [2.24, 2.45) is 0 Å². The predicted octanol–water partition coefficient (Wildman–Crippen LogP) is 2.60. The van der Waals surface area contributed by atoms with Crippen molar-refractivity contribution in [1.29, 1.82) is 5.26 Å². The number of nitrogens with zero attached hydrogens (tertiary/aromatic N) is 3. The summed E-state index contributed by atoms with van der Waals surface area (Å²) in [7, 11) is 0. The molecule has 4 nitrogen and oxygen atoms in total. The minimum atomic E-state index is -4.65. The molecule has 0 fully saturated rings. The Morgan fingerprint density at radius 3 is 2.62 bits per heavy atom. The van der Waals surface area contributed by atoms with Gasteiger partial charge in [-0.15, -0.1) is 11.8 Å². The summed E-state index contributed by atoms with van der Waals surface area (Å²) in [6.07, 6.45) is -2.81. The van der Waals surface area contributed by atoms with Crippen LogP contribution < -0.4 is 0 Å². The standard InChI is InChI=1S/C13H12F3N3OS/c1-7(20)19-4-3-10-9(6-19)11(13(14,15)16)8(5-17)12(18-10)21-2/h3-4,6H2,1-2H3. The summed E-state index contributed by atoms with van der Waals surface area (Å²) in [5.74, 6) is -0.291. The normalized spacial score (nSPS) is 14.6. The number of hydrogen-bond acceptors (Lipinski definition) is 4. The van der Waals surface area contributed by atoms with Crippen LogP contribution in [0.5, 0.6) is 0 Å². The minimum Gasteiger partial charge on any atom is -0.338 e. The molecular weight excluding hydrogens is 303 g/mol. The van der Waals surface area contributed by atoms with Gasteiger partial charge in [0.15, 0.2) is 0 Å². The fraction of sp³-hybridized carbons (Fsp3) is 0.462. The monoisotopic (exact) mass is 315 g/mol. The van der Waals surface area contributed by atoms with Crippen molar-refractivity contribution >= 4 is 17.7 Å². The lowest BCUT2D eigenvalue weighted by molar-refractivity contribution is -0.140. The number of carbonyl (C=O) groups is 1. The van der Waals surface area contributed by atoms with E-state index in [1.807, 2.05) is 0 Å². The Morgan fingerprint density at radius 1 is 1.48 bits per heavy atom. The van der Waals surface area contributed by atoms with Gasteiger partial charge in [-0.25, -0.2) is 4.98 Å². The molecule has 1 aromatic rings. The molecule has 0 N–H and O–H groups in total. The zero-order valence-electron chi connectivity index (χ0n) is 11.4. The first-order valence-corrected chi connectivity index (χ1v) is 7.34. The first-order chi connectivity index (χ1) is 9.79. The van der Waals surface area contributed by atoms with Crippen LogP contribution >= 0.6 is 11.8 Å². The number of rotatable bonds is 1. The van der Waals surface area contributed by atoms with E-state index in [0.717, 1.165) is 11.8 Å². The van der Waals surface area contributed by atoms with Crippen molar-refractivity contribution in [3.63, 3.8) is 0 Å². The number of thioether (sulfide) groups is 1. The van der Waals surface area contributed by atoms with Crippen molar-refractivity contribution in [3.8, 4) is 6.07 Å². The summed E-state index contributed by atoms with van der Waals surface area (Å²) in [4.78, 5) is 16.9. The molecule has 2 rings (SSSR count). The highest BCUT2D eigenvalue weighted by atomic mass is 32.2. The SMILES string of the molecule is CSc1nc2c(c(C(F)(F)F)c1C#N)CN(C(C)=O)CC2. The second-order valence-corrected chi connectivity index (χ2v) is 5.39. The average Bonchev–Trinajstić information content (AvgIpc) is 2.42. The zero-order chi connectivity index (χ0) is 15.8. The minimum absolute atomic E-state index is 0.0571. The Morgan fingerprint density at radius 2 is 2.14 bits per heavy atom. The van der Waals surface area contributed by atoms with Gasteiger partial charge in [0, 0.05) is 37.7 Å². The molecular formula is C13H12F3N3OS. The van der Waals surface area contributed by atoms with Crippen LogP contribution in [0.15, 0.2) is 5.03 Å². The van der Waals surface area contributed by atoms with Crippen molar-refractivity contribution in [2.75, 3.05) is 12.8 Å². The molecule has 0 saturated carbocycles. The van der Waals surface area contributed by atoms with Crippen molar-refractivity contribution in [2.45, 2.75) is 31.1 Å². The molecule has 112 valence electrons. The fourth-order valence-corrected chi connectivity index (χ4v) is 2.92. The van der Waals surface area contributed by atoms with Gasteiger partial charge in [-0.1, -0.05) is 0 Å². The van der Waals surface area contributed by atoms with E-state index >= 15 is 0 Å². The zero-order valence-corrected chi connectivity index (χ0v) is 12.2. The summed E-state index contributed by atoms with van der Waals surface area (Å²) >= 11 is 1.02. The van der Waals surface area contributed by atoms with Crippen LogP contribution in [0.3, 0.4) is 0 Å². The first kappa shape index (κ1) is 15.6. The highest BCUT2D eigenvalue weighted by Gasteiger charge is 2.40. The van der Waals surface area contributed by atoms with Crippen molar-refractivity contribution < 1.29 is 18.0 Å². The Hall–Kier alpha value is -1.75. The maximum atomic E-state index is 13.4. The third-order valence-corrected chi connectivity index (χ3v) is 4.03. The van der Waals surface area contributed by atoms with Gasteiger partial charge < -0.3 is 4.90 Å². The summed E-state index contributed by atoms with van der Waals surface area (Å²) in [5, 5.41) is 9.17. The Bertz CT molecular complexity index is 637. The van der Waals surface area contributed by atoms with Gasteiger partial charge in [-0.3, -0.25) is 4.79 Å². The quantitative estimate of drug-likeness (QED) is 0.748. The van der Waals surface area contributed by atoms with E-state index < -0.39 is 17.3 Å². The highest BCUT2D eigenvalue weighted by molar-refractivity contribution is 7.98. The molecule has 0 bridgehead atoms. The molecule has 0 saturated heterocycles. The molecule has 1 amide bonds. The fourth-order valence-electron chi connectivity index (χ4n) is 2.37. The number of pyridine rings is 1. The second kappa shape index (κ2) is 5.56. The smallest absolute Gasteiger partial charge is 0.338 e. The van der Waals surface area contributed by atoms with Gasteiger partial charge in [0.1, 0.15) is 11.1 Å². The molecule has 2 heterocycles. The van der Waals surface area contributed by atoms with E-state index in [2.05, 4.69) is 4.98 Å². The lowest BCUT2D eigenvalue weighted by Gasteiger charge is -2.30. The lowest BCUT2D eigenvalue weighted by Crippen LogP contribution is -2.36. The Balaban J connectivity index is 2.70. The number of alkyl halides is 3. The van der Waals surface area contributed by atoms with Crippen LogP contribution in [0.25, 0.3) is 0 Å². The van der Waals surface area contributed by atoms with E-state index in [4.69, 9.17) is 5.26 Å². The predicted molar refractivity (Wildman–Crippen MR) is 70.5 cm³/mol. The number of nitriles is 1. The summed E-state index contributed by atoms with van der Waals surface area (Å²) in [5.41, 5.74) is -1.15. The van der Waals surface area contributed by atoms with E-state index in [1.54, 1.807) is 12.3 Å². The van der Waals surface area contributed by atoms with Crippen LogP contribution in [-0.4, -0.2) is 28.6 Å². The molecule has 1 aliphatic heterocycles. The van der Waals surface area contributed by atoms with Crippen LogP contribution in [-0.2, 0) is 23.9 Å². The summed E-state index contributed by atoms with van der Waals surface area (Å²) in [6.45, 7) is 1.50. The molecule has 0 aliphatic carbocycles. The Kier molecular flexibility index (Phi) is 4.14. The second-order valence-electron chi connectivity index (χ2n) is 4.60. The van der Waals surface area contributed by atoms with Crippen LogP contribution in [0.2, 0.25) is 0 Å². The maximum Gasteiger partial charge on any atom is 0.418 e. The summed E-state index contributed by atoms with van der Waals surface area (Å²) < 4.78 is 40.1. The van der Waals surface area contributed by atoms with Crippen molar-refractivity contribution in [1.82, 2.24) is 9.88 Å². The maximum absolute atomic E-state index is 13.4. The van der Waals surface area contributed by atoms with Crippen molar-refractivity contribution in [3.05, 3.63) is 22.4 Å². The molecule has 0 radical (unpaired) electrons. The number of amides is 1. The first-order valence-electron chi connectivity index (χ1n) is 6.12. The molecule has 0 unspecified atom stereocenters. The Labute approximate surface area is 123 Å². The molecule has 8 heteroatoms. The number of hydrogen-bond donors (Lipinski definition) is 0. The van der Waals surface area contributed by atoms with E-state index in [0.29, 0.717) is 12.2 Å². The summed E-state index contributed by atoms with van der Waals surface area (Å²) in [6, 6.07) is 1.61. The number of fused-ring (bicyclic) bond motifs is 1. The van der Waals surface area contributed by atoms with Gasteiger partial charge in [0.25, 0.3) is 0 Å². The van der Waals surface area contributed by atoms with Crippen LogP contribution in [0, 0.1) is 11.3 Å².